The Balaban J connectivity index is 2.06. The first kappa shape index (κ1) is 13.5. The summed E-state index contributed by atoms with van der Waals surface area (Å²) in [7, 11) is -2.53. The molecule has 2 N–H and O–H groups in total. The van der Waals surface area contributed by atoms with Gasteiger partial charge in [0.2, 0.25) is 0 Å². The first-order valence-corrected chi connectivity index (χ1v) is 7.45. The van der Waals surface area contributed by atoms with E-state index in [1.807, 2.05) is 0 Å². The summed E-state index contributed by atoms with van der Waals surface area (Å²) in [6.45, 7) is 0. The number of amides is 1. The lowest BCUT2D eigenvalue weighted by Crippen LogP contribution is -2.11. The lowest BCUT2D eigenvalue weighted by Gasteiger charge is -2.01. The van der Waals surface area contributed by atoms with Crippen molar-refractivity contribution in [2.45, 2.75) is 5.75 Å². The minimum atomic E-state index is -2.53. The van der Waals surface area contributed by atoms with Crippen molar-refractivity contribution in [3.05, 3.63) is 40.9 Å². The quantitative estimate of drug-likeness (QED) is 0.737. The number of aromatic nitrogens is 1. The normalized spacial score (nSPS) is 10.6. The Hall–Kier alpha value is -1.93. The highest BCUT2D eigenvalue weighted by Gasteiger charge is 2.09. The highest BCUT2D eigenvalue weighted by atomic mass is 32.2. The van der Waals surface area contributed by atoms with Gasteiger partial charge < -0.3 is 5.11 Å². The van der Waals surface area contributed by atoms with Gasteiger partial charge in [-0.05, 0) is 24.3 Å². The Kier molecular flexibility index (Phi) is 4.13. The van der Waals surface area contributed by atoms with Gasteiger partial charge in [-0.15, -0.1) is 11.3 Å². The van der Waals surface area contributed by atoms with Gasteiger partial charge in [0.05, 0.1) is 11.4 Å². The summed E-state index contributed by atoms with van der Waals surface area (Å²) in [5, 5.41) is 13.6. The summed E-state index contributed by atoms with van der Waals surface area (Å²) in [5.74, 6) is -0.430. The molecule has 1 amide bonds. The lowest BCUT2D eigenvalue weighted by molar-refractivity contribution is 0.102. The Morgan fingerprint density at radius 2 is 2.00 bits per heavy atom. The number of phenolic OH excluding ortho intramolecular Hbond substituents is 1. The molecule has 0 bridgehead atoms. The average molecular weight is 298 g/mol. The van der Waals surface area contributed by atoms with E-state index in [4.69, 9.17) is 5.11 Å². The second-order valence-electron chi connectivity index (χ2n) is 3.64. The zero-order chi connectivity index (χ0) is 13.8. The van der Waals surface area contributed by atoms with Gasteiger partial charge in [0, 0.05) is 10.9 Å². The van der Waals surface area contributed by atoms with Gasteiger partial charge in [0.15, 0.2) is 5.13 Å². The molecule has 1 heterocycles. The molecule has 0 aliphatic carbocycles. The minimum Gasteiger partial charge on any atom is -0.508 e. The van der Waals surface area contributed by atoms with Crippen LogP contribution >= 0.6 is 11.3 Å². The standard InChI is InChI=1S/C11H10N2O4S2/c14-9-3-1-7(2-4-9)10(15)13-11-12-8(5-18-11)6-19(16)17/h1-5,14,19H,6H2,(H,12,13,15). The molecule has 0 spiro atoms. The van der Waals surface area contributed by atoms with E-state index in [2.05, 4.69) is 10.3 Å². The maximum atomic E-state index is 11.8. The van der Waals surface area contributed by atoms with Crippen molar-refractivity contribution in [3.63, 3.8) is 0 Å². The van der Waals surface area contributed by atoms with Gasteiger partial charge in [-0.3, -0.25) is 10.1 Å². The summed E-state index contributed by atoms with van der Waals surface area (Å²) in [6.07, 6.45) is 0. The molecular weight excluding hydrogens is 288 g/mol. The van der Waals surface area contributed by atoms with Crippen LogP contribution in [0.1, 0.15) is 16.1 Å². The molecule has 6 nitrogen and oxygen atoms in total. The zero-order valence-electron chi connectivity index (χ0n) is 9.57. The van der Waals surface area contributed by atoms with Crippen LogP contribution in [0.4, 0.5) is 5.13 Å². The smallest absolute Gasteiger partial charge is 0.257 e. The molecule has 19 heavy (non-hydrogen) atoms. The summed E-state index contributed by atoms with van der Waals surface area (Å²) in [5.41, 5.74) is 0.784. The maximum absolute atomic E-state index is 11.8. The molecule has 0 unspecified atom stereocenters. The van der Waals surface area contributed by atoms with Crippen molar-refractivity contribution >= 4 is 33.1 Å². The Morgan fingerprint density at radius 3 is 2.63 bits per heavy atom. The Labute approximate surface area is 114 Å². The summed E-state index contributed by atoms with van der Waals surface area (Å²) in [4.78, 5) is 15.8. The maximum Gasteiger partial charge on any atom is 0.257 e. The first-order valence-electron chi connectivity index (χ1n) is 5.21. The van der Waals surface area contributed by atoms with Crippen molar-refractivity contribution in [2.75, 3.05) is 5.32 Å². The van der Waals surface area contributed by atoms with E-state index in [1.54, 1.807) is 5.38 Å². The number of benzene rings is 1. The largest absolute Gasteiger partial charge is 0.508 e. The molecule has 2 aromatic rings. The van der Waals surface area contributed by atoms with Crippen molar-refractivity contribution in [1.29, 1.82) is 0 Å². The number of anilines is 1. The predicted molar refractivity (Wildman–Crippen MR) is 72.2 cm³/mol. The zero-order valence-corrected chi connectivity index (χ0v) is 11.3. The molecule has 0 saturated heterocycles. The van der Waals surface area contributed by atoms with Gasteiger partial charge in [-0.1, -0.05) is 0 Å². The monoisotopic (exact) mass is 298 g/mol. The topological polar surface area (TPSA) is 96.4 Å². The SMILES string of the molecule is O=C(Nc1nc(C[SH](=O)=O)cs1)c1ccc(O)cc1. The third-order valence-corrected chi connectivity index (χ3v) is 3.58. The number of hydrogen-bond acceptors (Lipinski definition) is 6. The second-order valence-corrected chi connectivity index (χ2v) is 5.48. The van der Waals surface area contributed by atoms with Gasteiger partial charge in [0.1, 0.15) is 16.5 Å². The number of rotatable bonds is 4. The number of nitrogens with one attached hydrogen (secondary N) is 1. The molecule has 0 aliphatic rings. The van der Waals surface area contributed by atoms with E-state index in [0.717, 1.165) is 11.3 Å². The Bertz CT molecular complexity index is 654. The van der Waals surface area contributed by atoms with Crippen LogP contribution < -0.4 is 5.32 Å². The van der Waals surface area contributed by atoms with Crippen LogP contribution in [0.15, 0.2) is 29.6 Å². The van der Waals surface area contributed by atoms with Crippen LogP contribution in [0.5, 0.6) is 5.75 Å². The highest BCUT2D eigenvalue weighted by molar-refractivity contribution is 7.71. The Morgan fingerprint density at radius 1 is 1.32 bits per heavy atom. The van der Waals surface area contributed by atoms with Crippen molar-refractivity contribution in [2.24, 2.45) is 0 Å². The third kappa shape index (κ3) is 3.76. The number of phenols is 1. The molecule has 2 rings (SSSR count). The van der Waals surface area contributed by atoms with Crippen LogP contribution in [0.25, 0.3) is 0 Å². The minimum absolute atomic E-state index is 0.0762. The molecule has 0 fully saturated rings. The van der Waals surface area contributed by atoms with Crippen molar-refractivity contribution in [1.82, 2.24) is 4.98 Å². The number of thiazole rings is 1. The molecular formula is C11H10N2O4S2. The number of carbonyl (C=O) groups excluding carboxylic acids is 1. The summed E-state index contributed by atoms with van der Waals surface area (Å²) >= 11 is 1.16. The molecule has 100 valence electrons. The molecule has 1 aromatic carbocycles. The molecule has 1 aromatic heterocycles. The first-order chi connectivity index (χ1) is 9.04. The molecule has 0 atom stereocenters. The lowest BCUT2D eigenvalue weighted by atomic mass is 10.2. The number of aromatic hydroxyl groups is 1. The number of thiol groups is 1. The predicted octanol–water partition coefficient (Wildman–Crippen LogP) is 1.21. The van der Waals surface area contributed by atoms with Crippen LogP contribution in [0, 0.1) is 0 Å². The molecule has 0 aliphatic heterocycles. The van der Waals surface area contributed by atoms with E-state index in [-0.39, 0.29) is 17.4 Å². The van der Waals surface area contributed by atoms with E-state index < -0.39 is 10.7 Å². The van der Waals surface area contributed by atoms with Gasteiger partial charge in [-0.2, -0.15) is 0 Å². The van der Waals surface area contributed by atoms with Gasteiger partial charge in [-0.25, -0.2) is 13.4 Å². The van der Waals surface area contributed by atoms with E-state index in [9.17, 15) is 13.2 Å². The van der Waals surface area contributed by atoms with Gasteiger partial charge in [0.25, 0.3) is 5.91 Å². The molecule has 0 saturated carbocycles. The van der Waals surface area contributed by atoms with Crippen LogP contribution in [0.3, 0.4) is 0 Å². The van der Waals surface area contributed by atoms with Crippen molar-refractivity contribution < 1.29 is 18.3 Å². The fourth-order valence-corrected chi connectivity index (χ4v) is 2.61. The van der Waals surface area contributed by atoms with Crippen LogP contribution in [-0.4, -0.2) is 24.4 Å². The molecule has 0 radical (unpaired) electrons. The number of nitrogens with zero attached hydrogens (tertiary/aromatic N) is 1. The van der Waals surface area contributed by atoms with Gasteiger partial charge >= 0.3 is 0 Å². The fraction of sp³-hybridized carbons (Fsp3) is 0.0909. The van der Waals surface area contributed by atoms with Crippen molar-refractivity contribution in [3.8, 4) is 5.75 Å². The molecule has 8 heteroatoms. The number of hydrogen-bond donors (Lipinski definition) is 3. The average Bonchev–Trinajstić information content (AvgIpc) is 2.76. The second kappa shape index (κ2) is 5.81. The third-order valence-electron chi connectivity index (χ3n) is 2.19. The summed E-state index contributed by atoms with van der Waals surface area (Å²) < 4.78 is 21.1. The van der Waals surface area contributed by atoms with E-state index >= 15 is 0 Å². The highest BCUT2D eigenvalue weighted by Crippen LogP contribution is 2.17. The summed E-state index contributed by atoms with van der Waals surface area (Å²) in [6, 6.07) is 5.77. The number of carbonyl (C=O) groups is 1. The fourth-order valence-electron chi connectivity index (χ4n) is 1.35. The van der Waals surface area contributed by atoms with E-state index in [0.29, 0.717) is 16.4 Å². The van der Waals surface area contributed by atoms with Crippen LogP contribution in [0.2, 0.25) is 0 Å². The van der Waals surface area contributed by atoms with Crippen LogP contribution in [-0.2, 0) is 16.5 Å². The van der Waals surface area contributed by atoms with E-state index in [1.165, 1.54) is 24.3 Å².